The maximum atomic E-state index is 13.7. The van der Waals surface area contributed by atoms with Gasteiger partial charge in [-0.1, -0.05) is 12.1 Å². The summed E-state index contributed by atoms with van der Waals surface area (Å²) in [4.78, 5) is 37.6. The standard InChI is InChI=1S/C20H19FN2O4/c1-27-20(26)16-11-15(7-8-17(16)21)22-19(25)14-5-2-4-13(10-14)12-23-9-3-6-18(23)24/h2,4-5,7-8,10-11H,3,6,9,12H2,1H3,(H,22,25). The van der Waals surface area contributed by atoms with Crippen molar-refractivity contribution in [2.24, 2.45) is 0 Å². The molecule has 0 saturated carbocycles. The first-order chi connectivity index (χ1) is 13.0. The molecule has 0 radical (unpaired) electrons. The minimum absolute atomic E-state index is 0.117. The highest BCUT2D eigenvalue weighted by atomic mass is 19.1. The van der Waals surface area contributed by atoms with Crippen molar-refractivity contribution in [1.29, 1.82) is 0 Å². The summed E-state index contributed by atoms with van der Waals surface area (Å²) in [7, 11) is 1.16. The Bertz CT molecular complexity index is 897. The van der Waals surface area contributed by atoms with Crippen LogP contribution >= 0.6 is 0 Å². The van der Waals surface area contributed by atoms with Crippen LogP contribution in [0, 0.1) is 5.82 Å². The molecule has 2 aromatic rings. The van der Waals surface area contributed by atoms with E-state index in [1.54, 1.807) is 23.1 Å². The average molecular weight is 370 g/mol. The third kappa shape index (κ3) is 4.31. The minimum atomic E-state index is -0.819. The Morgan fingerprint density at radius 3 is 2.74 bits per heavy atom. The summed E-state index contributed by atoms with van der Waals surface area (Å²) in [5.41, 5.74) is 1.29. The number of methoxy groups -OCH3 is 1. The van der Waals surface area contributed by atoms with Gasteiger partial charge in [-0.15, -0.1) is 0 Å². The lowest BCUT2D eigenvalue weighted by Gasteiger charge is -2.16. The van der Waals surface area contributed by atoms with E-state index in [2.05, 4.69) is 10.1 Å². The van der Waals surface area contributed by atoms with Crippen LogP contribution in [0.25, 0.3) is 0 Å². The molecule has 0 unspecified atom stereocenters. The molecule has 7 heteroatoms. The summed E-state index contributed by atoms with van der Waals surface area (Å²) in [5, 5.41) is 2.64. The minimum Gasteiger partial charge on any atom is -0.465 e. The summed E-state index contributed by atoms with van der Waals surface area (Å²) in [5.74, 6) is -1.82. The molecule has 1 fully saturated rings. The van der Waals surface area contributed by atoms with Gasteiger partial charge in [-0.25, -0.2) is 9.18 Å². The van der Waals surface area contributed by atoms with Crippen LogP contribution < -0.4 is 5.32 Å². The van der Waals surface area contributed by atoms with Crippen molar-refractivity contribution in [1.82, 2.24) is 4.90 Å². The summed E-state index contributed by atoms with van der Waals surface area (Å²) in [6, 6.07) is 10.7. The smallest absolute Gasteiger partial charge is 0.340 e. The van der Waals surface area contributed by atoms with Crippen LogP contribution in [-0.4, -0.2) is 36.3 Å². The fraction of sp³-hybridized carbons (Fsp3) is 0.250. The Balaban J connectivity index is 1.74. The van der Waals surface area contributed by atoms with Crippen LogP contribution in [0.3, 0.4) is 0 Å². The number of halogens is 1. The lowest BCUT2D eigenvalue weighted by molar-refractivity contribution is -0.128. The van der Waals surface area contributed by atoms with Crippen LogP contribution in [-0.2, 0) is 16.1 Å². The van der Waals surface area contributed by atoms with E-state index in [0.29, 0.717) is 18.5 Å². The summed E-state index contributed by atoms with van der Waals surface area (Å²) in [6.45, 7) is 1.18. The molecule has 0 spiro atoms. The van der Waals surface area contributed by atoms with Crippen molar-refractivity contribution in [3.63, 3.8) is 0 Å². The molecular weight excluding hydrogens is 351 g/mol. The van der Waals surface area contributed by atoms with Gasteiger partial charge in [0.15, 0.2) is 0 Å². The molecule has 3 rings (SSSR count). The number of amides is 2. The number of hydrogen-bond acceptors (Lipinski definition) is 4. The van der Waals surface area contributed by atoms with E-state index in [0.717, 1.165) is 31.7 Å². The largest absolute Gasteiger partial charge is 0.465 e. The quantitative estimate of drug-likeness (QED) is 0.821. The predicted molar refractivity (Wildman–Crippen MR) is 96.8 cm³/mol. The number of benzene rings is 2. The zero-order chi connectivity index (χ0) is 19.4. The molecule has 6 nitrogen and oxygen atoms in total. The molecule has 1 N–H and O–H groups in total. The SMILES string of the molecule is COC(=O)c1cc(NC(=O)c2cccc(CN3CCCC3=O)c2)ccc1F. The number of hydrogen-bond donors (Lipinski definition) is 1. The first kappa shape index (κ1) is 18.6. The van der Waals surface area contributed by atoms with E-state index < -0.39 is 17.7 Å². The van der Waals surface area contributed by atoms with E-state index in [9.17, 15) is 18.8 Å². The van der Waals surface area contributed by atoms with Crippen molar-refractivity contribution in [3.05, 3.63) is 65.0 Å². The molecule has 140 valence electrons. The lowest BCUT2D eigenvalue weighted by Crippen LogP contribution is -2.24. The van der Waals surface area contributed by atoms with E-state index in [1.165, 1.54) is 12.1 Å². The Hall–Kier alpha value is -3.22. The summed E-state index contributed by atoms with van der Waals surface area (Å²) in [6.07, 6.45) is 1.42. The average Bonchev–Trinajstić information content (AvgIpc) is 3.07. The first-order valence-electron chi connectivity index (χ1n) is 8.54. The highest BCUT2D eigenvalue weighted by Gasteiger charge is 2.20. The Morgan fingerprint density at radius 2 is 2.04 bits per heavy atom. The van der Waals surface area contributed by atoms with Crippen molar-refractivity contribution in [2.75, 3.05) is 19.0 Å². The molecule has 0 atom stereocenters. The van der Waals surface area contributed by atoms with Crippen molar-refractivity contribution in [3.8, 4) is 0 Å². The number of carbonyl (C=O) groups excluding carboxylic acids is 3. The van der Waals surface area contributed by atoms with Gasteiger partial charge < -0.3 is 15.0 Å². The highest BCUT2D eigenvalue weighted by molar-refractivity contribution is 6.05. The van der Waals surface area contributed by atoms with E-state index in [4.69, 9.17) is 0 Å². The fourth-order valence-corrected chi connectivity index (χ4v) is 2.98. The molecule has 2 aromatic carbocycles. The predicted octanol–water partition coefficient (Wildman–Crippen LogP) is 2.99. The van der Waals surface area contributed by atoms with Crippen molar-refractivity contribution in [2.45, 2.75) is 19.4 Å². The van der Waals surface area contributed by atoms with E-state index in [1.807, 2.05) is 6.07 Å². The molecule has 0 aromatic heterocycles. The Morgan fingerprint density at radius 1 is 1.22 bits per heavy atom. The lowest BCUT2D eigenvalue weighted by atomic mass is 10.1. The van der Waals surface area contributed by atoms with Gasteiger partial charge in [0.2, 0.25) is 5.91 Å². The second kappa shape index (κ2) is 7.99. The third-order valence-corrected chi connectivity index (χ3v) is 4.36. The first-order valence-corrected chi connectivity index (χ1v) is 8.54. The third-order valence-electron chi connectivity index (χ3n) is 4.36. The highest BCUT2D eigenvalue weighted by Crippen LogP contribution is 2.18. The molecule has 1 heterocycles. The molecular formula is C20H19FN2O4. The van der Waals surface area contributed by atoms with Gasteiger partial charge in [-0.2, -0.15) is 0 Å². The zero-order valence-electron chi connectivity index (χ0n) is 14.8. The van der Waals surface area contributed by atoms with Crippen molar-refractivity contribution < 1.29 is 23.5 Å². The Kier molecular flexibility index (Phi) is 5.49. The normalized spacial score (nSPS) is 13.6. The van der Waals surface area contributed by atoms with Gasteiger partial charge in [0.05, 0.1) is 12.7 Å². The molecule has 1 saturated heterocycles. The topological polar surface area (TPSA) is 75.7 Å². The fourth-order valence-electron chi connectivity index (χ4n) is 2.98. The number of carbonyl (C=O) groups is 3. The van der Waals surface area contributed by atoms with Gasteiger partial charge in [-0.3, -0.25) is 9.59 Å². The van der Waals surface area contributed by atoms with Crippen LogP contribution in [0.2, 0.25) is 0 Å². The molecule has 0 aliphatic carbocycles. The number of nitrogens with zero attached hydrogens (tertiary/aromatic N) is 1. The van der Waals surface area contributed by atoms with Crippen LogP contribution in [0.15, 0.2) is 42.5 Å². The molecule has 1 aliphatic rings. The van der Waals surface area contributed by atoms with E-state index >= 15 is 0 Å². The number of anilines is 1. The Labute approximate surface area is 155 Å². The van der Waals surface area contributed by atoms with E-state index in [-0.39, 0.29) is 17.2 Å². The van der Waals surface area contributed by atoms with Gasteiger partial charge in [0.1, 0.15) is 5.82 Å². The van der Waals surface area contributed by atoms with Gasteiger partial charge >= 0.3 is 5.97 Å². The molecule has 27 heavy (non-hydrogen) atoms. The number of ether oxygens (including phenoxy) is 1. The van der Waals surface area contributed by atoms with Gasteiger partial charge in [0.25, 0.3) is 5.91 Å². The van der Waals surface area contributed by atoms with Crippen LogP contribution in [0.1, 0.15) is 39.1 Å². The number of rotatable bonds is 5. The van der Waals surface area contributed by atoms with Crippen molar-refractivity contribution >= 4 is 23.5 Å². The second-order valence-corrected chi connectivity index (χ2v) is 6.26. The van der Waals surface area contributed by atoms with Crippen LogP contribution in [0.4, 0.5) is 10.1 Å². The van der Waals surface area contributed by atoms with Gasteiger partial charge in [0, 0.05) is 30.8 Å². The number of esters is 1. The number of likely N-dealkylation sites (tertiary alicyclic amines) is 1. The zero-order valence-corrected chi connectivity index (χ0v) is 14.8. The monoisotopic (exact) mass is 370 g/mol. The summed E-state index contributed by atoms with van der Waals surface area (Å²) < 4.78 is 18.2. The van der Waals surface area contributed by atoms with Gasteiger partial charge in [-0.05, 0) is 42.3 Å². The van der Waals surface area contributed by atoms with Crippen LogP contribution in [0.5, 0.6) is 0 Å². The summed E-state index contributed by atoms with van der Waals surface area (Å²) >= 11 is 0. The molecule has 0 bridgehead atoms. The maximum absolute atomic E-state index is 13.7. The second-order valence-electron chi connectivity index (χ2n) is 6.26. The number of nitrogens with one attached hydrogen (secondary N) is 1. The maximum Gasteiger partial charge on any atom is 0.340 e. The molecule has 2 amide bonds. The molecule has 1 aliphatic heterocycles.